The molecule has 0 aliphatic heterocycles. The van der Waals surface area contributed by atoms with Gasteiger partial charge in [0.1, 0.15) is 17.5 Å². The highest BCUT2D eigenvalue weighted by molar-refractivity contribution is 7.44. The fourth-order valence-electron chi connectivity index (χ4n) is 7.15. The van der Waals surface area contributed by atoms with E-state index in [1.54, 1.807) is 14.2 Å². The van der Waals surface area contributed by atoms with Crippen LogP contribution in [0.1, 0.15) is 141 Å². The standard InChI is InChI=1S/C46H72NO5P/c1-8-9-10-11-12-13-14-15-16-17-18-19-20-27-36-50-37-45(52-53(49-7)47(39(2)3)40(4)5)38-51-46(41-28-23-21-24-29-41,42-30-25-22-26-31-42)43-32-34-44(48-6)35-33-43/h21-26,28-35,39-40,45H,8-20,27,36-38H2,1-7H3. The number of hydrogen-bond acceptors (Lipinski definition) is 6. The summed E-state index contributed by atoms with van der Waals surface area (Å²) in [5.74, 6) is 0.801. The van der Waals surface area contributed by atoms with Crippen molar-refractivity contribution in [3.63, 3.8) is 0 Å². The van der Waals surface area contributed by atoms with Gasteiger partial charge in [0.15, 0.2) is 0 Å². The SMILES string of the molecule is CCCCCCCCCCCCCCCCOCC(COC(c1ccccc1)(c1ccccc1)c1ccc(OC)cc1)OP(OC)N(C(C)C)C(C)C. The second kappa shape index (κ2) is 26.5. The number of unbranched alkanes of at least 4 members (excludes halogenated alkanes) is 13. The fourth-order valence-corrected chi connectivity index (χ4v) is 8.67. The van der Waals surface area contributed by atoms with Crippen molar-refractivity contribution in [2.45, 2.75) is 148 Å². The molecule has 0 N–H and O–H groups in total. The Balaban J connectivity index is 1.68. The molecule has 2 atom stereocenters. The van der Waals surface area contributed by atoms with Gasteiger partial charge in [0.05, 0.1) is 20.3 Å². The molecule has 0 aliphatic rings. The quantitative estimate of drug-likeness (QED) is 0.0384. The molecule has 0 saturated carbocycles. The minimum Gasteiger partial charge on any atom is -0.497 e. The molecule has 3 aromatic carbocycles. The third-order valence-corrected chi connectivity index (χ3v) is 12.0. The molecule has 0 bridgehead atoms. The lowest BCUT2D eigenvalue weighted by molar-refractivity contribution is -0.0585. The number of rotatable bonds is 30. The Morgan fingerprint density at radius 3 is 1.45 bits per heavy atom. The summed E-state index contributed by atoms with van der Waals surface area (Å²) >= 11 is 0. The molecule has 7 heteroatoms. The largest absolute Gasteiger partial charge is 0.497 e. The maximum atomic E-state index is 7.24. The average molecular weight is 750 g/mol. The van der Waals surface area contributed by atoms with E-state index in [1.807, 2.05) is 24.3 Å². The van der Waals surface area contributed by atoms with Crippen LogP contribution in [0, 0.1) is 0 Å². The molecule has 0 fully saturated rings. The van der Waals surface area contributed by atoms with Crippen molar-refractivity contribution in [1.82, 2.24) is 4.67 Å². The smallest absolute Gasteiger partial charge is 0.259 e. The number of ether oxygens (including phenoxy) is 3. The molecule has 296 valence electrons. The molecular formula is C46H72NO5P. The van der Waals surface area contributed by atoms with Crippen LogP contribution in [-0.4, -0.2) is 56.9 Å². The van der Waals surface area contributed by atoms with Crippen molar-refractivity contribution in [3.05, 3.63) is 102 Å². The van der Waals surface area contributed by atoms with Crippen molar-refractivity contribution >= 4 is 8.53 Å². The van der Waals surface area contributed by atoms with Crippen LogP contribution < -0.4 is 4.74 Å². The number of nitrogens with zero attached hydrogens (tertiary/aromatic N) is 1. The zero-order valence-corrected chi connectivity index (χ0v) is 35.2. The van der Waals surface area contributed by atoms with E-state index in [0.717, 1.165) is 28.9 Å². The predicted octanol–water partition coefficient (Wildman–Crippen LogP) is 12.9. The lowest BCUT2D eigenvalue weighted by atomic mass is 9.80. The first-order chi connectivity index (χ1) is 25.9. The normalized spacial score (nSPS) is 13.2. The lowest BCUT2D eigenvalue weighted by Gasteiger charge is -2.39. The molecule has 3 rings (SSSR count). The van der Waals surface area contributed by atoms with Crippen LogP contribution in [0.2, 0.25) is 0 Å². The first-order valence-electron chi connectivity index (χ1n) is 20.6. The molecule has 0 aliphatic carbocycles. The van der Waals surface area contributed by atoms with Gasteiger partial charge in [-0.05, 0) is 62.9 Å². The predicted molar refractivity (Wildman–Crippen MR) is 224 cm³/mol. The summed E-state index contributed by atoms with van der Waals surface area (Å²) in [6.07, 6.45) is 18.4. The highest BCUT2D eigenvalue weighted by atomic mass is 31.2. The van der Waals surface area contributed by atoms with Crippen LogP contribution in [0.15, 0.2) is 84.9 Å². The van der Waals surface area contributed by atoms with Crippen molar-refractivity contribution in [3.8, 4) is 5.75 Å². The number of hydrogen-bond donors (Lipinski definition) is 0. The molecule has 0 amide bonds. The molecular weight excluding hydrogens is 677 g/mol. The van der Waals surface area contributed by atoms with E-state index in [0.29, 0.717) is 19.8 Å². The van der Waals surface area contributed by atoms with E-state index in [9.17, 15) is 0 Å². The average Bonchev–Trinajstić information content (AvgIpc) is 3.18. The summed E-state index contributed by atoms with van der Waals surface area (Å²) in [6.45, 7) is 12.5. The molecule has 2 unspecified atom stereocenters. The van der Waals surface area contributed by atoms with Gasteiger partial charge in [0.25, 0.3) is 8.53 Å². The zero-order chi connectivity index (χ0) is 38.2. The van der Waals surface area contributed by atoms with Gasteiger partial charge in [-0.25, -0.2) is 4.67 Å². The van der Waals surface area contributed by atoms with Gasteiger partial charge < -0.3 is 23.3 Å². The summed E-state index contributed by atoms with van der Waals surface area (Å²) in [7, 11) is 2.09. The summed E-state index contributed by atoms with van der Waals surface area (Å²) in [5, 5.41) is 0. The van der Waals surface area contributed by atoms with Crippen LogP contribution in [0.5, 0.6) is 5.75 Å². The maximum Gasteiger partial charge on any atom is 0.259 e. The van der Waals surface area contributed by atoms with Gasteiger partial charge in [0.2, 0.25) is 0 Å². The molecule has 0 aromatic heterocycles. The molecule has 0 radical (unpaired) electrons. The molecule has 0 spiro atoms. The van der Waals surface area contributed by atoms with Gasteiger partial charge >= 0.3 is 0 Å². The van der Waals surface area contributed by atoms with E-state index >= 15 is 0 Å². The monoisotopic (exact) mass is 750 g/mol. The molecule has 3 aromatic rings. The highest BCUT2D eigenvalue weighted by Crippen LogP contribution is 2.47. The van der Waals surface area contributed by atoms with Gasteiger partial charge in [0, 0.05) is 25.8 Å². The minimum absolute atomic E-state index is 0.256. The Bertz CT molecular complexity index is 1260. The van der Waals surface area contributed by atoms with Crippen molar-refractivity contribution < 1.29 is 23.3 Å². The van der Waals surface area contributed by atoms with Crippen LogP contribution in [0.3, 0.4) is 0 Å². The van der Waals surface area contributed by atoms with Crippen LogP contribution in [-0.2, 0) is 24.1 Å². The second-order valence-electron chi connectivity index (χ2n) is 14.8. The van der Waals surface area contributed by atoms with E-state index in [-0.39, 0.29) is 18.2 Å². The highest BCUT2D eigenvalue weighted by Gasteiger charge is 2.39. The third-order valence-electron chi connectivity index (χ3n) is 9.93. The first-order valence-corrected chi connectivity index (χ1v) is 21.8. The van der Waals surface area contributed by atoms with Crippen molar-refractivity contribution in [2.24, 2.45) is 0 Å². The van der Waals surface area contributed by atoms with E-state index < -0.39 is 14.1 Å². The Hall–Kier alpha value is -2.31. The summed E-state index contributed by atoms with van der Waals surface area (Å²) in [5.41, 5.74) is 2.20. The summed E-state index contributed by atoms with van der Waals surface area (Å²) < 4.78 is 34.4. The Kier molecular flexibility index (Phi) is 22.5. The number of benzene rings is 3. The summed E-state index contributed by atoms with van der Waals surface area (Å²) in [6, 6.07) is 29.6. The van der Waals surface area contributed by atoms with Gasteiger partial charge in [-0.3, -0.25) is 0 Å². The lowest BCUT2D eigenvalue weighted by Crippen LogP contribution is -2.39. The second-order valence-corrected chi connectivity index (χ2v) is 16.4. The maximum absolute atomic E-state index is 7.24. The van der Waals surface area contributed by atoms with E-state index in [2.05, 4.69) is 100.0 Å². The summed E-state index contributed by atoms with van der Waals surface area (Å²) in [4.78, 5) is 0. The van der Waals surface area contributed by atoms with Gasteiger partial charge in [-0.2, -0.15) is 0 Å². The molecule has 6 nitrogen and oxygen atoms in total. The van der Waals surface area contributed by atoms with Crippen LogP contribution >= 0.6 is 8.53 Å². The van der Waals surface area contributed by atoms with E-state index in [4.69, 9.17) is 23.3 Å². The third kappa shape index (κ3) is 15.4. The van der Waals surface area contributed by atoms with Crippen LogP contribution in [0.25, 0.3) is 0 Å². The Morgan fingerprint density at radius 2 is 1.02 bits per heavy atom. The van der Waals surface area contributed by atoms with Crippen molar-refractivity contribution in [2.75, 3.05) is 34.0 Å². The molecule has 0 saturated heterocycles. The topological polar surface area (TPSA) is 49.4 Å². The van der Waals surface area contributed by atoms with Crippen molar-refractivity contribution in [1.29, 1.82) is 0 Å². The van der Waals surface area contributed by atoms with Gasteiger partial charge in [-0.15, -0.1) is 0 Å². The van der Waals surface area contributed by atoms with Crippen LogP contribution in [0.4, 0.5) is 0 Å². The fraction of sp³-hybridized carbons (Fsp3) is 0.609. The Labute approximate surface area is 325 Å². The first kappa shape index (κ1) is 45.1. The number of methoxy groups -OCH3 is 1. The Morgan fingerprint density at radius 1 is 0.566 bits per heavy atom. The minimum atomic E-state index is -1.34. The van der Waals surface area contributed by atoms with E-state index in [1.165, 1.54) is 83.5 Å². The molecule has 0 heterocycles. The zero-order valence-electron chi connectivity index (χ0n) is 34.3. The molecule has 53 heavy (non-hydrogen) atoms. The van der Waals surface area contributed by atoms with Gasteiger partial charge in [-0.1, -0.05) is 163 Å².